The normalized spacial score (nSPS) is 11.3. The number of nitrogens with zero attached hydrogens (tertiary/aromatic N) is 3. The minimum absolute atomic E-state index is 0.216. The highest BCUT2D eigenvalue weighted by Crippen LogP contribution is 2.35. The zero-order valence-corrected chi connectivity index (χ0v) is 25.5. The molecule has 0 spiro atoms. The van der Waals surface area contributed by atoms with Gasteiger partial charge in [0, 0.05) is 16.5 Å². The number of fused-ring (bicyclic) bond motifs is 1. The van der Waals surface area contributed by atoms with E-state index in [1.54, 1.807) is 30.5 Å². The minimum atomic E-state index is -0.216. The van der Waals surface area contributed by atoms with E-state index in [-0.39, 0.29) is 12.2 Å². The van der Waals surface area contributed by atoms with Crippen LogP contribution in [0, 0.1) is 0 Å². The first-order chi connectivity index (χ1) is 19.3. The number of hydrogen-bond donors (Lipinski definition) is 0. The van der Waals surface area contributed by atoms with Crippen molar-refractivity contribution in [2.24, 2.45) is 5.10 Å². The molecule has 0 saturated heterocycles. The van der Waals surface area contributed by atoms with E-state index in [1.807, 2.05) is 37.3 Å². The van der Waals surface area contributed by atoms with Gasteiger partial charge in [0.2, 0.25) is 0 Å². The Morgan fingerprint density at radius 1 is 1.07 bits per heavy atom. The summed E-state index contributed by atoms with van der Waals surface area (Å²) < 4.78 is 14.4. The molecule has 0 aliphatic heterocycles. The molecule has 0 amide bonds. The van der Waals surface area contributed by atoms with E-state index in [9.17, 15) is 4.79 Å². The van der Waals surface area contributed by atoms with Gasteiger partial charge in [0.05, 0.1) is 33.8 Å². The number of halogens is 3. The van der Waals surface area contributed by atoms with Crippen LogP contribution in [-0.2, 0) is 19.4 Å². The fourth-order valence-corrected chi connectivity index (χ4v) is 4.89. The Balaban J connectivity index is 1.74. The van der Waals surface area contributed by atoms with Gasteiger partial charge >= 0.3 is 0 Å². The van der Waals surface area contributed by atoms with Crippen LogP contribution in [-0.4, -0.2) is 22.5 Å². The number of aromatic nitrogens is 2. The molecule has 0 bridgehead atoms. The Bertz CT molecular complexity index is 1620. The van der Waals surface area contributed by atoms with Crippen molar-refractivity contribution in [1.82, 2.24) is 9.66 Å². The van der Waals surface area contributed by atoms with E-state index >= 15 is 0 Å². The number of hydrogen-bond acceptors (Lipinski definition) is 5. The third-order valence-electron chi connectivity index (χ3n) is 6.14. The Morgan fingerprint density at radius 3 is 2.62 bits per heavy atom. The highest BCUT2D eigenvalue weighted by molar-refractivity contribution is 9.10. The first kappa shape index (κ1) is 29.8. The standard InChI is InChI=1S/C31H30BrCl2N3O3/c1-4-7-9-29-36-27-13-11-23(32)17-24(27)31(38)37(29)35-18-21-14-22(8-5-2)30(28(16-21)39-6-3)40-19-20-10-12-25(33)26(34)15-20/h5,10-18H,2,4,6-9,19H2,1,3H3. The van der Waals surface area contributed by atoms with Crippen molar-refractivity contribution in [3.8, 4) is 11.5 Å². The number of aryl methyl sites for hydroxylation is 1. The first-order valence-corrected chi connectivity index (χ1v) is 14.6. The zero-order valence-electron chi connectivity index (χ0n) is 22.4. The number of ether oxygens (including phenoxy) is 2. The largest absolute Gasteiger partial charge is 0.490 e. The molecule has 208 valence electrons. The van der Waals surface area contributed by atoms with Crippen molar-refractivity contribution >= 4 is 56.2 Å². The van der Waals surface area contributed by atoms with Crippen molar-refractivity contribution in [2.45, 2.75) is 46.1 Å². The van der Waals surface area contributed by atoms with Gasteiger partial charge in [-0.15, -0.1) is 6.58 Å². The summed E-state index contributed by atoms with van der Waals surface area (Å²) in [6, 6.07) is 14.7. The van der Waals surface area contributed by atoms with Gasteiger partial charge in [0.15, 0.2) is 11.5 Å². The summed E-state index contributed by atoms with van der Waals surface area (Å²) >= 11 is 15.7. The van der Waals surface area contributed by atoms with Gasteiger partial charge in [-0.05, 0) is 73.4 Å². The molecule has 3 aromatic carbocycles. The average molecular weight is 643 g/mol. The smallest absolute Gasteiger partial charge is 0.282 e. The molecule has 4 aromatic rings. The minimum Gasteiger partial charge on any atom is -0.490 e. The number of benzene rings is 3. The number of allylic oxidation sites excluding steroid dienone is 1. The van der Waals surface area contributed by atoms with Crippen LogP contribution in [0.3, 0.4) is 0 Å². The van der Waals surface area contributed by atoms with Gasteiger partial charge in [-0.2, -0.15) is 9.78 Å². The maximum absolute atomic E-state index is 13.5. The second kappa shape index (κ2) is 14.0. The Kier molecular flexibility index (Phi) is 10.4. The van der Waals surface area contributed by atoms with E-state index in [4.69, 9.17) is 37.7 Å². The molecule has 6 nitrogen and oxygen atoms in total. The molecule has 0 saturated carbocycles. The van der Waals surface area contributed by atoms with Crippen LogP contribution >= 0.6 is 39.1 Å². The van der Waals surface area contributed by atoms with Crippen LogP contribution in [0.15, 0.2) is 75.6 Å². The first-order valence-electron chi connectivity index (χ1n) is 13.1. The summed E-state index contributed by atoms with van der Waals surface area (Å²) in [5, 5.41) is 6.06. The summed E-state index contributed by atoms with van der Waals surface area (Å²) in [7, 11) is 0. The van der Waals surface area contributed by atoms with Crippen molar-refractivity contribution in [3.05, 3.63) is 109 Å². The maximum Gasteiger partial charge on any atom is 0.282 e. The maximum atomic E-state index is 13.5. The monoisotopic (exact) mass is 641 g/mol. The quantitative estimate of drug-likeness (QED) is 0.115. The topological polar surface area (TPSA) is 65.7 Å². The van der Waals surface area contributed by atoms with Crippen molar-refractivity contribution in [3.63, 3.8) is 0 Å². The van der Waals surface area contributed by atoms with Gasteiger partial charge in [-0.1, -0.05) is 64.6 Å². The third-order valence-corrected chi connectivity index (χ3v) is 7.37. The Labute approximate surface area is 252 Å². The predicted octanol–water partition coefficient (Wildman–Crippen LogP) is 8.40. The molecule has 0 aliphatic carbocycles. The second-order valence-electron chi connectivity index (χ2n) is 9.12. The molecule has 40 heavy (non-hydrogen) atoms. The Hall–Kier alpha value is -3.13. The summed E-state index contributed by atoms with van der Waals surface area (Å²) in [6.07, 6.45) is 6.52. The third kappa shape index (κ3) is 7.14. The lowest BCUT2D eigenvalue weighted by Gasteiger charge is -2.17. The van der Waals surface area contributed by atoms with E-state index in [2.05, 4.69) is 34.5 Å². The van der Waals surface area contributed by atoms with Crippen LogP contribution in [0.1, 0.15) is 49.2 Å². The molecule has 1 aromatic heterocycles. The molecule has 4 rings (SSSR count). The van der Waals surface area contributed by atoms with Gasteiger partial charge < -0.3 is 9.47 Å². The lowest BCUT2D eigenvalue weighted by molar-refractivity contribution is 0.267. The summed E-state index contributed by atoms with van der Waals surface area (Å²) in [5.41, 5.74) is 2.95. The summed E-state index contributed by atoms with van der Waals surface area (Å²) in [6.45, 7) is 8.64. The summed E-state index contributed by atoms with van der Waals surface area (Å²) in [5.74, 6) is 1.81. The molecule has 0 atom stereocenters. The van der Waals surface area contributed by atoms with Crippen LogP contribution < -0.4 is 15.0 Å². The van der Waals surface area contributed by atoms with Crippen molar-refractivity contribution in [1.29, 1.82) is 0 Å². The lowest BCUT2D eigenvalue weighted by atomic mass is 10.1. The van der Waals surface area contributed by atoms with Crippen LogP contribution in [0.5, 0.6) is 11.5 Å². The van der Waals surface area contributed by atoms with Crippen LogP contribution in [0.4, 0.5) is 0 Å². The molecule has 9 heteroatoms. The lowest BCUT2D eigenvalue weighted by Crippen LogP contribution is -2.22. The van der Waals surface area contributed by atoms with Crippen molar-refractivity contribution < 1.29 is 9.47 Å². The fourth-order valence-electron chi connectivity index (χ4n) is 4.21. The molecule has 0 radical (unpaired) electrons. The number of unbranched alkanes of at least 4 members (excludes halogenated alkanes) is 1. The molecule has 0 unspecified atom stereocenters. The Morgan fingerprint density at radius 2 is 1.90 bits per heavy atom. The summed E-state index contributed by atoms with van der Waals surface area (Å²) in [4.78, 5) is 18.2. The van der Waals surface area contributed by atoms with Crippen LogP contribution in [0.25, 0.3) is 10.9 Å². The molecule has 0 N–H and O–H groups in total. The molecular formula is C31H30BrCl2N3O3. The van der Waals surface area contributed by atoms with E-state index in [0.29, 0.717) is 57.7 Å². The molecule has 0 aliphatic rings. The highest BCUT2D eigenvalue weighted by Gasteiger charge is 2.15. The predicted molar refractivity (Wildman–Crippen MR) is 168 cm³/mol. The molecular weight excluding hydrogens is 613 g/mol. The number of rotatable bonds is 12. The van der Waals surface area contributed by atoms with Crippen molar-refractivity contribution in [2.75, 3.05) is 6.61 Å². The fraction of sp³-hybridized carbons (Fsp3) is 0.258. The average Bonchev–Trinajstić information content (AvgIpc) is 2.93. The van der Waals surface area contributed by atoms with Gasteiger partial charge in [-0.25, -0.2) is 4.98 Å². The zero-order chi connectivity index (χ0) is 28.6. The molecule has 0 fully saturated rings. The van der Waals surface area contributed by atoms with Gasteiger partial charge in [0.1, 0.15) is 12.4 Å². The second-order valence-corrected chi connectivity index (χ2v) is 10.9. The van der Waals surface area contributed by atoms with Crippen LogP contribution in [0.2, 0.25) is 10.0 Å². The van der Waals surface area contributed by atoms with Gasteiger partial charge in [-0.3, -0.25) is 4.79 Å². The van der Waals surface area contributed by atoms with Gasteiger partial charge in [0.25, 0.3) is 5.56 Å². The van der Waals surface area contributed by atoms with E-state index < -0.39 is 0 Å². The van der Waals surface area contributed by atoms with E-state index in [1.165, 1.54) is 4.68 Å². The SMILES string of the molecule is C=CCc1cc(C=Nn2c(CCCC)nc3ccc(Br)cc3c2=O)cc(OCC)c1OCc1ccc(Cl)c(Cl)c1. The highest BCUT2D eigenvalue weighted by atomic mass is 79.9. The van der Waals surface area contributed by atoms with E-state index in [0.717, 1.165) is 34.0 Å². The molecule has 1 heterocycles.